The van der Waals surface area contributed by atoms with Gasteiger partial charge in [0, 0.05) is 12.0 Å². The van der Waals surface area contributed by atoms with E-state index in [1.807, 2.05) is 6.92 Å². The molecule has 0 bridgehead atoms. The van der Waals surface area contributed by atoms with E-state index in [9.17, 15) is 14.7 Å². The van der Waals surface area contributed by atoms with Crippen LogP contribution in [0.25, 0.3) is 0 Å². The fourth-order valence-corrected chi connectivity index (χ4v) is 3.73. The van der Waals surface area contributed by atoms with Gasteiger partial charge < -0.3 is 15.7 Å². The van der Waals surface area contributed by atoms with Crippen LogP contribution >= 0.6 is 0 Å². The maximum Gasteiger partial charge on any atom is 0.303 e. The molecule has 2 rings (SSSR count). The number of aliphatic carboxylic acids is 1. The lowest BCUT2D eigenvalue weighted by Crippen LogP contribution is -2.49. The summed E-state index contributed by atoms with van der Waals surface area (Å²) < 4.78 is 0. The number of amides is 1. The maximum absolute atomic E-state index is 12.5. The lowest BCUT2D eigenvalue weighted by atomic mass is 9.71. The fraction of sp³-hybridized carbons (Fsp3) is 0.875. The fourth-order valence-electron chi connectivity index (χ4n) is 3.73. The van der Waals surface area contributed by atoms with Gasteiger partial charge in [0.25, 0.3) is 0 Å². The molecule has 0 spiro atoms. The van der Waals surface area contributed by atoms with Gasteiger partial charge in [0.15, 0.2) is 0 Å². The molecule has 5 heteroatoms. The van der Waals surface area contributed by atoms with Crippen molar-refractivity contribution in [3.63, 3.8) is 0 Å². The topological polar surface area (TPSA) is 78.4 Å². The Balaban J connectivity index is 1.94. The third-order valence-electron chi connectivity index (χ3n) is 5.32. The Morgan fingerprint density at radius 3 is 2.29 bits per heavy atom. The average molecular weight is 296 g/mol. The van der Waals surface area contributed by atoms with Gasteiger partial charge in [0.05, 0.1) is 6.42 Å². The van der Waals surface area contributed by atoms with Crippen molar-refractivity contribution in [2.24, 2.45) is 10.8 Å². The van der Waals surface area contributed by atoms with Crippen LogP contribution in [0, 0.1) is 10.8 Å². The molecule has 0 aromatic heterocycles. The summed E-state index contributed by atoms with van der Waals surface area (Å²) in [7, 11) is 0. The third-order valence-corrected chi connectivity index (χ3v) is 5.32. The standard InChI is InChI=1S/C16H28N2O3/c1-15(7-9-17-10-8-15)14(21)18-12-16(11-13(19)20)5-3-2-4-6-16/h17H,2-12H2,1H3,(H,18,21)(H,19,20). The SMILES string of the molecule is CC1(C(=O)NCC2(CC(=O)O)CCCCC2)CCNCC1. The smallest absolute Gasteiger partial charge is 0.303 e. The number of nitrogens with one attached hydrogen (secondary N) is 2. The second kappa shape index (κ2) is 6.77. The van der Waals surface area contributed by atoms with Crippen LogP contribution in [0.4, 0.5) is 0 Å². The second-order valence-corrected chi connectivity index (χ2v) is 7.12. The molecule has 1 amide bonds. The highest BCUT2D eigenvalue weighted by molar-refractivity contribution is 5.82. The molecule has 5 nitrogen and oxygen atoms in total. The van der Waals surface area contributed by atoms with Crippen LogP contribution in [0.15, 0.2) is 0 Å². The molecule has 120 valence electrons. The molecule has 2 fully saturated rings. The van der Waals surface area contributed by atoms with E-state index in [4.69, 9.17) is 0 Å². The minimum Gasteiger partial charge on any atom is -0.481 e. The Kier molecular flexibility index (Phi) is 5.25. The molecule has 0 atom stereocenters. The van der Waals surface area contributed by atoms with E-state index in [0.717, 1.165) is 51.6 Å². The lowest BCUT2D eigenvalue weighted by molar-refractivity contribution is -0.141. The van der Waals surface area contributed by atoms with E-state index in [-0.39, 0.29) is 23.2 Å². The lowest BCUT2D eigenvalue weighted by Gasteiger charge is -2.38. The summed E-state index contributed by atoms with van der Waals surface area (Å²) in [4.78, 5) is 23.7. The predicted molar refractivity (Wildman–Crippen MR) is 81.0 cm³/mol. The predicted octanol–water partition coefficient (Wildman–Crippen LogP) is 1.92. The van der Waals surface area contributed by atoms with Crippen molar-refractivity contribution in [1.29, 1.82) is 0 Å². The Hall–Kier alpha value is -1.10. The number of rotatable bonds is 5. The van der Waals surface area contributed by atoms with Crippen LogP contribution in [-0.2, 0) is 9.59 Å². The largest absolute Gasteiger partial charge is 0.481 e. The summed E-state index contributed by atoms with van der Waals surface area (Å²) in [5.41, 5.74) is -0.534. The maximum atomic E-state index is 12.5. The molecule has 1 saturated carbocycles. The Bertz CT molecular complexity index is 383. The molecular formula is C16H28N2O3. The number of carboxylic acids is 1. The van der Waals surface area contributed by atoms with Gasteiger partial charge in [-0.15, -0.1) is 0 Å². The molecule has 1 aliphatic heterocycles. The first-order valence-electron chi connectivity index (χ1n) is 8.17. The van der Waals surface area contributed by atoms with Crippen molar-refractivity contribution in [3.05, 3.63) is 0 Å². The normalized spacial score (nSPS) is 24.2. The molecule has 0 radical (unpaired) electrons. The first-order valence-corrected chi connectivity index (χ1v) is 8.17. The average Bonchev–Trinajstić information content (AvgIpc) is 2.46. The van der Waals surface area contributed by atoms with Crippen molar-refractivity contribution >= 4 is 11.9 Å². The van der Waals surface area contributed by atoms with Crippen LogP contribution in [-0.4, -0.2) is 36.6 Å². The first-order chi connectivity index (χ1) is 9.96. The summed E-state index contributed by atoms with van der Waals surface area (Å²) >= 11 is 0. The van der Waals surface area contributed by atoms with E-state index in [0.29, 0.717) is 6.54 Å². The van der Waals surface area contributed by atoms with Gasteiger partial charge in [-0.25, -0.2) is 0 Å². The number of hydrogen-bond acceptors (Lipinski definition) is 3. The van der Waals surface area contributed by atoms with Crippen LogP contribution < -0.4 is 10.6 Å². The van der Waals surface area contributed by atoms with E-state index in [2.05, 4.69) is 10.6 Å². The van der Waals surface area contributed by atoms with Crippen molar-refractivity contribution in [2.45, 2.75) is 58.3 Å². The molecule has 0 aromatic rings. The van der Waals surface area contributed by atoms with Gasteiger partial charge in [-0.05, 0) is 44.2 Å². The number of piperidine rings is 1. The number of hydrogen-bond donors (Lipinski definition) is 3. The number of carbonyl (C=O) groups excluding carboxylic acids is 1. The van der Waals surface area contributed by atoms with Crippen molar-refractivity contribution in [2.75, 3.05) is 19.6 Å². The van der Waals surface area contributed by atoms with Gasteiger partial charge in [0.2, 0.25) is 5.91 Å². The molecule has 21 heavy (non-hydrogen) atoms. The third kappa shape index (κ3) is 4.19. The van der Waals surface area contributed by atoms with Gasteiger partial charge in [-0.3, -0.25) is 9.59 Å². The summed E-state index contributed by atoms with van der Waals surface area (Å²) in [6.07, 6.45) is 7.03. The Morgan fingerprint density at radius 2 is 1.71 bits per heavy atom. The highest BCUT2D eigenvalue weighted by Gasteiger charge is 2.38. The van der Waals surface area contributed by atoms with E-state index >= 15 is 0 Å². The Labute approximate surface area is 126 Å². The van der Waals surface area contributed by atoms with Crippen LogP contribution in [0.1, 0.15) is 58.3 Å². The molecule has 2 aliphatic rings. The minimum atomic E-state index is -0.751. The zero-order valence-corrected chi connectivity index (χ0v) is 13.0. The molecule has 0 aromatic carbocycles. The van der Waals surface area contributed by atoms with E-state index in [1.54, 1.807) is 0 Å². The molecular weight excluding hydrogens is 268 g/mol. The molecule has 3 N–H and O–H groups in total. The molecule has 1 saturated heterocycles. The first kappa shape index (κ1) is 16.3. The molecule has 0 unspecified atom stereocenters. The van der Waals surface area contributed by atoms with Crippen LogP contribution in [0.3, 0.4) is 0 Å². The summed E-state index contributed by atoms with van der Waals surface area (Å²) in [6, 6.07) is 0. The number of carboxylic acid groups (broad SMARTS) is 1. The van der Waals surface area contributed by atoms with Gasteiger partial charge in [0.1, 0.15) is 0 Å². The zero-order chi connectivity index (χ0) is 15.3. The van der Waals surface area contributed by atoms with Crippen molar-refractivity contribution in [1.82, 2.24) is 10.6 Å². The summed E-state index contributed by atoms with van der Waals surface area (Å²) in [5.74, 6) is -0.654. The Morgan fingerprint density at radius 1 is 1.10 bits per heavy atom. The monoisotopic (exact) mass is 296 g/mol. The van der Waals surface area contributed by atoms with Gasteiger partial charge >= 0.3 is 5.97 Å². The van der Waals surface area contributed by atoms with Crippen molar-refractivity contribution in [3.8, 4) is 0 Å². The van der Waals surface area contributed by atoms with Crippen LogP contribution in [0.5, 0.6) is 0 Å². The van der Waals surface area contributed by atoms with E-state index < -0.39 is 5.97 Å². The quantitative estimate of drug-likeness (QED) is 0.724. The number of carbonyl (C=O) groups is 2. The summed E-state index contributed by atoms with van der Waals surface area (Å²) in [6.45, 7) is 4.30. The van der Waals surface area contributed by atoms with Gasteiger partial charge in [-0.2, -0.15) is 0 Å². The minimum absolute atomic E-state index is 0.0966. The highest BCUT2D eigenvalue weighted by Crippen LogP contribution is 2.39. The zero-order valence-electron chi connectivity index (χ0n) is 13.0. The molecule has 1 heterocycles. The highest BCUT2D eigenvalue weighted by atomic mass is 16.4. The second-order valence-electron chi connectivity index (χ2n) is 7.12. The van der Waals surface area contributed by atoms with Crippen LogP contribution in [0.2, 0.25) is 0 Å². The summed E-state index contributed by atoms with van der Waals surface area (Å²) in [5, 5.41) is 15.5. The van der Waals surface area contributed by atoms with Gasteiger partial charge in [-0.1, -0.05) is 26.2 Å². The molecule has 1 aliphatic carbocycles. The van der Waals surface area contributed by atoms with Crippen molar-refractivity contribution < 1.29 is 14.7 Å². The van der Waals surface area contributed by atoms with E-state index in [1.165, 1.54) is 6.42 Å².